The molecule has 2 saturated heterocycles. The third-order valence-corrected chi connectivity index (χ3v) is 7.30. The molecule has 0 spiro atoms. The number of aliphatic imine (C=N–C) groups is 1. The highest BCUT2D eigenvalue weighted by atomic mass is 16.2. The fraction of sp³-hybridized carbons (Fsp3) is 0.909. The third-order valence-electron chi connectivity index (χ3n) is 7.30. The first-order valence-corrected chi connectivity index (χ1v) is 11.6. The van der Waals surface area contributed by atoms with Gasteiger partial charge in [-0.25, -0.2) is 0 Å². The molecule has 1 aliphatic carbocycles. The van der Waals surface area contributed by atoms with Crippen molar-refractivity contribution in [2.75, 3.05) is 59.4 Å². The summed E-state index contributed by atoms with van der Waals surface area (Å²) in [5, 5.41) is 3.58. The monoisotopic (exact) mass is 391 g/mol. The van der Waals surface area contributed by atoms with Gasteiger partial charge in [-0.1, -0.05) is 33.1 Å². The van der Waals surface area contributed by atoms with E-state index in [1.54, 1.807) is 0 Å². The Hall–Kier alpha value is -1.30. The van der Waals surface area contributed by atoms with Crippen molar-refractivity contribution in [3.8, 4) is 0 Å². The van der Waals surface area contributed by atoms with E-state index in [4.69, 9.17) is 0 Å². The van der Waals surface area contributed by atoms with Crippen LogP contribution in [-0.4, -0.2) is 86.0 Å². The van der Waals surface area contributed by atoms with Crippen LogP contribution in [0.3, 0.4) is 0 Å². The summed E-state index contributed by atoms with van der Waals surface area (Å²) in [6.45, 7) is 12.7. The second kappa shape index (κ2) is 10.5. The molecule has 28 heavy (non-hydrogen) atoms. The molecule has 1 atom stereocenters. The Labute approximate surface area is 171 Å². The van der Waals surface area contributed by atoms with Crippen LogP contribution in [0.15, 0.2) is 4.99 Å². The second-order valence-corrected chi connectivity index (χ2v) is 8.84. The Morgan fingerprint density at radius 3 is 2.32 bits per heavy atom. The highest BCUT2D eigenvalue weighted by Crippen LogP contribution is 2.29. The van der Waals surface area contributed by atoms with Crippen LogP contribution >= 0.6 is 0 Å². The minimum Gasteiger partial charge on any atom is -0.355 e. The Kier molecular flexibility index (Phi) is 8.00. The van der Waals surface area contributed by atoms with Gasteiger partial charge in [0.25, 0.3) is 0 Å². The molecule has 3 fully saturated rings. The van der Waals surface area contributed by atoms with Crippen molar-refractivity contribution in [2.45, 2.75) is 52.4 Å². The van der Waals surface area contributed by atoms with Gasteiger partial charge in [-0.05, 0) is 31.1 Å². The van der Waals surface area contributed by atoms with Gasteiger partial charge >= 0.3 is 0 Å². The maximum Gasteiger partial charge on any atom is 0.225 e. The van der Waals surface area contributed by atoms with Crippen molar-refractivity contribution >= 4 is 11.9 Å². The van der Waals surface area contributed by atoms with Crippen molar-refractivity contribution < 1.29 is 4.79 Å². The number of likely N-dealkylation sites (tertiary alicyclic amines) is 1. The molecule has 2 heterocycles. The van der Waals surface area contributed by atoms with Crippen LogP contribution in [-0.2, 0) is 4.79 Å². The number of carbonyl (C=O) groups is 1. The molecule has 3 rings (SSSR count). The molecular weight excluding hydrogens is 350 g/mol. The van der Waals surface area contributed by atoms with Crippen LogP contribution in [0.1, 0.15) is 52.4 Å². The summed E-state index contributed by atoms with van der Waals surface area (Å²) < 4.78 is 0. The van der Waals surface area contributed by atoms with E-state index in [0.29, 0.717) is 11.8 Å². The fourth-order valence-electron chi connectivity index (χ4n) is 5.08. The van der Waals surface area contributed by atoms with E-state index in [-0.39, 0.29) is 0 Å². The molecule has 160 valence electrons. The van der Waals surface area contributed by atoms with Crippen LogP contribution in [0, 0.1) is 17.8 Å². The van der Waals surface area contributed by atoms with E-state index >= 15 is 0 Å². The Balaban J connectivity index is 1.35. The molecule has 0 radical (unpaired) electrons. The Morgan fingerprint density at radius 2 is 1.75 bits per heavy atom. The number of hydrogen-bond acceptors (Lipinski definition) is 3. The van der Waals surface area contributed by atoms with E-state index in [0.717, 1.165) is 83.0 Å². The van der Waals surface area contributed by atoms with Crippen molar-refractivity contribution in [3.05, 3.63) is 0 Å². The van der Waals surface area contributed by atoms with Gasteiger partial charge in [0.15, 0.2) is 5.96 Å². The van der Waals surface area contributed by atoms with Gasteiger partial charge in [0, 0.05) is 65.3 Å². The number of hydrogen-bond donors (Lipinski definition) is 1. The Morgan fingerprint density at radius 1 is 1.04 bits per heavy atom. The average Bonchev–Trinajstić information content (AvgIpc) is 3.15. The minimum absolute atomic E-state index is 0.334. The van der Waals surface area contributed by atoms with Gasteiger partial charge < -0.3 is 15.1 Å². The topological polar surface area (TPSA) is 51.2 Å². The summed E-state index contributed by atoms with van der Waals surface area (Å²) in [6.07, 6.45) is 7.32. The molecule has 1 amide bonds. The summed E-state index contributed by atoms with van der Waals surface area (Å²) in [4.78, 5) is 23.9. The number of nitrogens with one attached hydrogen (secondary N) is 1. The van der Waals surface area contributed by atoms with Crippen LogP contribution in [0.5, 0.6) is 0 Å². The van der Waals surface area contributed by atoms with Crippen LogP contribution < -0.4 is 5.32 Å². The number of rotatable bonds is 7. The van der Waals surface area contributed by atoms with Crippen molar-refractivity contribution in [2.24, 2.45) is 22.7 Å². The summed E-state index contributed by atoms with van der Waals surface area (Å²) in [5.74, 6) is 3.47. The molecule has 3 aliphatic rings. The lowest BCUT2D eigenvalue weighted by Gasteiger charge is -2.38. The zero-order valence-corrected chi connectivity index (χ0v) is 18.3. The lowest BCUT2D eigenvalue weighted by Crippen LogP contribution is -2.52. The first kappa shape index (κ1) is 21.4. The van der Waals surface area contributed by atoms with E-state index in [2.05, 4.69) is 38.9 Å². The molecule has 6 nitrogen and oxygen atoms in total. The minimum atomic E-state index is 0.334. The second-order valence-electron chi connectivity index (χ2n) is 8.84. The van der Waals surface area contributed by atoms with E-state index in [1.165, 1.54) is 25.7 Å². The third kappa shape index (κ3) is 5.19. The predicted molar refractivity (Wildman–Crippen MR) is 115 cm³/mol. The van der Waals surface area contributed by atoms with Crippen molar-refractivity contribution in [1.29, 1.82) is 0 Å². The smallest absolute Gasteiger partial charge is 0.225 e. The summed E-state index contributed by atoms with van der Waals surface area (Å²) in [7, 11) is 1.90. The predicted octanol–water partition coefficient (Wildman–Crippen LogP) is 2.26. The normalized spacial score (nSPS) is 24.7. The standard InChI is InChI=1S/C22H41N5O/c1-4-18(5-2)20-9-11-27(17-20)22(23-3)24-10-12-25-13-15-26(16-14-25)21(28)19-7-6-8-19/h18-20H,4-17H2,1-3H3,(H,23,24). The lowest BCUT2D eigenvalue weighted by atomic mass is 9.84. The molecule has 0 aromatic rings. The first-order valence-electron chi connectivity index (χ1n) is 11.6. The fourth-order valence-corrected chi connectivity index (χ4v) is 5.08. The molecular formula is C22H41N5O. The highest BCUT2D eigenvalue weighted by Gasteiger charge is 2.31. The quantitative estimate of drug-likeness (QED) is 0.534. The lowest BCUT2D eigenvalue weighted by molar-refractivity contribution is -0.139. The number of nitrogens with zero attached hydrogens (tertiary/aromatic N) is 4. The maximum absolute atomic E-state index is 12.4. The van der Waals surface area contributed by atoms with E-state index < -0.39 is 0 Å². The van der Waals surface area contributed by atoms with Gasteiger partial charge in [-0.15, -0.1) is 0 Å². The van der Waals surface area contributed by atoms with Crippen LogP contribution in [0.25, 0.3) is 0 Å². The van der Waals surface area contributed by atoms with E-state index in [1.807, 2.05) is 7.05 Å². The summed E-state index contributed by atoms with van der Waals surface area (Å²) in [5.41, 5.74) is 0. The van der Waals surface area contributed by atoms with Crippen LogP contribution in [0.4, 0.5) is 0 Å². The maximum atomic E-state index is 12.4. The number of guanidine groups is 1. The highest BCUT2D eigenvalue weighted by molar-refractivity contribution is 5.80. The van der Waals surface area contributed by atoms with Crippen LogP contribution in [0.2, 0.25) is 0 Å². The van der Waals surface area contributed by atoms with Crippen molar-refractivity contribution in [3.63, 3.8) is 0 Å². The molecule has 0 bridgehead atoms. The molecule has 1 saturated carbocycles. The Bertz CT molecular complexity index is 521. The van der Waals surface area contributed by atoms with Gasteiger partial charge in [-0.2, -0.15) is 0 Å². The average molecular weight is 392 g/mol. The van der Waals surface area contributed by atoms with Gasteiger partial charge in [-0.3, -0.25) is 14.7 Å². The zero-order valence-electron chi connectivity index (χ0n) is 18.3. The molecule has 6 heteroatoms. The summed E-state index contributed by atoms with van der Waals surface area (Å²) >= 11 is 0. The van der Waals surface area contributed by atoms with Crippen molar-refractivity contribution in [1.82, 2.24) is 20.0 Å². The first-order chi connectivity index (χ1) is 13.7. The molecule has 0 aromatic carbocycles. The largest absolute Gasteiger partial charge is 0.355 e. The molecule has 1 unspecified atom stereocenters. The van der Waals surface area contributed by atoms with Gasteiger partial charge in [0.05, 0.1) is 0 Å². The summed E-state index contributed by atoms with van der Waals surface area (Å²) in [6, 6.07) is 0. The number of amides is 1. The number of piperazine rings is 1. The van der Waals surface area contributed by atoms with Gasteiger partial charge in [0.1, 0.15) is 0 Å². The molecule has 1 N–H and O–H groups in total. The number of carbonyl (C=O) groups excluding carboxylic acids is 1. The molecule has 2 aliphatic heterocycles. The zero-order chi connectivity index (χ0) is 19.9. The van der Waals surface area contributed by atoms with E-state index in [9.17, 15) is 4.79 Å². The van der Waals surface area contributed by atoms with Gasteiger partial charge in [0.2, 0.25) is 5.91 Å². The molecule has 0 aromatic heterocycles. The SMILES string of the molecule is CCC(CC)C1CCN(C(=NC)NCCN2CCN(C(=O)C3CCC3)CC2)C1.